The summed E-state index contributed by atoms with van der Waals surface area (Å²) in [6, 6.07) is 8.74. The molecule has 5 nitrogen and oxygen atoms in total. The van der Waals surface area contributed by atoms with Crippen LogP contribution < -0.4 is 5.32 Å². The number of aromatic nitrogens is 1. The number of sulfone groups is 1. The van der Waals surface area contributed by atoms with Gasteiger partial charge in [0.15, 0.2) is 14.8 Å². The quantitative estimate of drug-likeness (QED) is 0.596. The molecule has 3 aromatic rings. The molecule has 0 unspecified atom stereocenters. The second-order valence-electron chi connectivity index (χ2n) is 5.98. The molecule has 0 spiro atoms. The third-order valence-corrected chi connectivity index (χ3v) is 5.80. The number of anilines is 1. The van der Waals surface area contributed by atoms with E-state index >= 15 is 0 Å². The van der Waals surface area contributed by atoms with Crippen LogP contribution in [0.4, 0.5) is 23.2 Å². The Kier molecular flexibility index (Phi) is 5.46. The number of rotatable bonds is 4. The van der Waals surface area contributed by atoms with Gasteiger partial charge < -0.3 is 5.32 Å². The van der Waals surface area contributed by atoms with Crippen molar-refractivity contribution in [2.75, 3.05) is 11.6 Å². The highest BCUT2D eigenvalue weighted by molar-refractivity contribution is 7.90. The molecule has 0 radical (unpaired) electrons. The minimum absolute atomic E-state index is 0.141. The highest BCUT2D eigenvalue weighted by Crippen LogP contribution is 2.34. The first-order valence-corrected chi connectivity index (χ1v) is 10.7. The fraction of sp³-hybridized carbons (Fsp3) is 0.111. The van der Waals surface area contributed by atoms with E-state index in [2.05, 4.69) is 10.3 Å². The van der Waals surface area contributed by atoms with Crippen molar-refractivity contribution in [1.82, 2.24) is 4.98 Å². The Morgan fingerprint density at radius 2 is 1.76 bits per heavy atom. The second kappa shape index (κ2) is 7.56. The zero-order chi connectivity index (χ0) is 21.4. The molecule has 0 fully saturated rings. The summed E-state index contributed by atoms with van der Waals surface area (Å²) in [4.78, 5) is 15.5. The van der Waals surface area contributed by atoms with E-state index in [9.17, 15) is 30.8 Å². The lowest BCUT2D eigenvalue weighted by Crippen LogP contribution is -2.14. The van der Waals surface area contributed by atoms with Crippen molar-refractivity contribution < 1.29 is 30.8 Å². The van der Waals surface area contributed by atoms with Gasteiger partial charge in [0, 0.05) is 22.9 Å². The summed E-state index contributed by atoms with van der Waals surface area (Å²) < 4.78 is 74.9. The van der Waals surface area contributed by atoms with E-state index in [1.54, 1.807) is 0 Å². The molecule has 11 heteroatoms. The number of alkyl halides is 3. The normalized spacial score (nSPS) is 12.0. The molecule has 152 valence electrons. The van der Waals surface area contributed by atoms with Gasteiger partial charge in [0.1, 0.15) is 5.82 Å². The Morgan fingerprint density at radius 3 is 2.28 bits per heavy atom. The fourth-order valence-electron chi connectivity index (χ4n) is 2.37. The van der Waals surface area contributed by atoms with E-state index in [4.69, 9.17) is 0 Å². The van der Waals surface area contributed by atoms with Gasteiger partial charge in [-0.3, -0.25) is 4.79 Å². The number of carbonyl (C=O) groups excluding carboxylic acids is 1. The predicted octanol–water partition coefficient (Wildman–Crippen LogP) is 4.62. The van der Waals surface area contributed by atoms with E-state index < -0.39 is 32.7 Å². The number of halogens is 4. The predicted molar refractivity (Wildman–Crippen MR) is 100 cm³/mol. The van der Waals surface area contributed by atoms with Crippen molar-refractivity contribution in [3.05, 3.63) is 64.2 Å². The summed E-state index contributed by atoms with van der Waals surface area (Å²) in [5, 5.41) is 2.75. The second-order valence-corrected chi connectivity index (χ2v) is 8.85. The SMILES string of the molecule is CS(=O)(=O)c1ccc(C(=O)Nc2ccc(-c3csc(C(F)(F)F)n3)cc2)c(F)c1. The van der Waals surface area contributed by atoms with Crippen LogP contribution in [0.3, 0.4) is 0 Å². The van der Waals surface area contributed by atoms with E-state index in [-0.39, 0.29) is 21.8 Å². The summed E-state index contributed by atoms with van der Waals surface area (Å²) in [6.45, 7) is 0. The number of benzene rings is 2. The summed E-state index contributed by atoms with van der Waals surface area (Å²) in [6.07, 6.45) is -3.60. The van der Waals surface area contributed by atoms with Crippen molar-refractivity contribution in [3.63, 3.8) is 0 Å². The molecule has 0 saturated carbocycles. The number of thiazole rings is 1. The molecule has 0 bridgehead atoms. The van der Waals surface area contributed by atoms with Crippen molar-refractivity contribution in [2.24, 2.45) is 0 Å². The number of carbonyl (C=O) groups is 1. The molecule has 1 amide bonds. The number of nitrogens with zero attached hydrogens (tertiary/aromatic N) is 1. The minimum Gasteiger partial charge on any atom is -0.322 e. The lowest BCUT2D eigenvalue weighted by atomic mass is 10.1. The molecule has 1 heterocycles. The van der Waals surface area contributed by atoms with Crippen LogP contribution in [0, 0.1) is 5.82 Å². The molecule has 1 N–H and O–H groups in total. The zero-order valence-corrected chi connectivity index (χ0v) is 16.3. The number of amides is 1. The van der Waals surface area contributed by atoms with Crippen LogP contribution >= 0.6 is 11.3 Å². The highest BCUT2D eigenvalue weighted by atomic mass is 32.2. The highest BCUT2D eigenvalue weighted by Gasteiger charge is 2.34. The number of hydrogen-bond donors (Lipinski definition) is 1. The molecule has 0 aliphatic rings. The topological polar surface area (TPSA) is 76.1 Å². The molecule has 3 rings (SSSR count). The van der Waals surface area contributed by atoms with Crippen molar-refractivity contribution >= 4 is 32.8 Å². The molecule has 0 aliphatic carbocycles. The first kappa shape index (κ1) is 20.9. The lowest BCUT2D eigenvalue weighted by Gasteiger charge is -2.08. The maximum atomic E-state index is 14.1. The van der Waals surface area contributed by atoms with Gasteiger partial charge in [-0.1, -0.05) is 12.1 Å². The summed E-state index contributed by atoms with van der Waals surface area (Å²) in [7, 11) is -3.61. The zero-order valence-electron chi connectivity index (χ0n) is 14.6. The maximum absolute atomic E-state index is 14.1. The number of hydrogen-bond acceptors (Lipinski definition) is 5. The first-order valence-electron chi connectivity index (χ1n) is 7.89. The molecule has 29 heavy (non-hydrogen) atoms. The van der Waals surface area contributed by atoms with Gasteiger partial charge in [-0.2, -0.15) is 13.2 Å². The van der Waals surface area contributed by atoms with Crippen LogP contribution in [0.5, 0.6) is 0 Å². The summed E-state index contributed by atoms with van der Waals surface area (Å²) in [5.41, 5.74) is 0.480. The Bertz CT molecular complexity index is 1170. The van der Waals surface area contributed by atoms with Crippen LogP contribution in [0.15, 0.2) is 52.7 Å². The van der Waals surface area contributed by atoms with Crippen molar-refractivity contribution in [2.45, 2.75) is 11.1 Å². The third-order valence-electron chi connectivity index (χ3n) is 3.80. The van der Waals surface area contributed by atoms with Gasteiger partial charge >= 0.3 is 6.18 Å². The molecule has 0 saturated heterocycles. The number of nitrogens with one attached hydrogen (secondary N) is 1. The minimum atomic E-state index is -4.52. The molecular formula is C18H12F4N2O3S2. The molecule has 0 atom stereocenters. The van der Waals surface area contributed by atoms with Gasteiger partial charge in [-0.05, 0) is 30.3 Å². The summed E-state index contributed by atoms with van der Waals surface area (Å²) >= 11 is 0.478. The maximum Gasteiger partial charge on any atom is 0.443 e. The van der Waals surface area contributed by atoms with E-state index in [1.165, 1.54) is 29.6 Å². The van der Waals surface area contributed by atoms with Crippen LogP contribution in [-0.4, -0.2) is 25.6 Å². The van der Waals surface area contributed by atoms with Gasteiger partial charge in [0.2, 0.25) is 0 Å². The van der Waals surface area contributed by atoms with Crippen LogP contribution in [0.2, 0.25) is 0 Å². The summed E-state index contributed by atoms with van der Waals surface area (Å²) in [5.74, 6) is -1.80. The van der Waals surface area contributed by atoms with Crippen LogP contribution in [0.25, 0.3) is 11.3 Å². The first-order chi connectivity index (χ1) is 13.4. The van der Waals surface area contributed by atoms with E-state index in [0.29, 0.717) is 16.9 Å². The monoisotopic (exact) mass is 444 g/mol. The van der Waals surface area contributed by atoms with Crippen molar-refractivity contribution in [3.8, 4) is 11.3 Å². The molecule has 2 aromatic carbocycles. The van der Waals surface area contributed by atoms with E-state index in [0.717, 1.165) is 24.5 Å². The van der Waals surface area contributed by atoms with Gasteiger partial charge in [0.05, 0.1) is 16.2 Å². The van der Waals surface area contributed by atoms with Crippen LogP contribution in [-0.2, 0) is 16.0 Å². The largest absolute Gasteiger partial charge is 0.443 e. The van der Waals surface area contributed by atoms with Gasteiger partial charge in [-0.15, -0.1) is 11.3 Å². The molecule has 0 aliphatic heterocycles. The average Bonchev–Trinajstić information content (AvgIpc) is 3.12. The van der Waals surface area contributed by atoms with Crippen molar-refractivity contribution in [1.29, 1.82) is 0 Å². The molecular weight excluding hydrogens is 432 g/mol. The lowest BCUT2D eigenvalue weighted by molar-refractivity contribution is -0.137. The Hall–Kier alpha value is -2.79. The van der Waals surface area contributed by atoms with Gasteiger partial charge in [-0.25, -0.2) is 17.8 Å². The van der Waals surface area contributed by atoms with E-state index in [1.807, 2.05) is 0 Å². The molecule has 1 aromatic heterocycles. The standard InChI is InChI=1S/C18H12F4N2O3S2/c1-29(26,27)12-6-7-13(14(19)8-12)16(25)23-11-4-2-10(3-5-11)15-9-28-17(24-15)18(20,21)22/h2-9H,1H3,(H,23,25). The Balaban J connectivity index is 1.76. The van der Waals surface area contributed by atoms with Gasteiger partial charge in [0.25, 0.3) is 5.91 Å². The fourth-order valence-corrected chi connectivity index (χ4v) is 3.70. The Labute approximate surface area is 166 Å². The average molecular weight is 444 g/mol. The smallest absolute Gasteiger partial charge is 0.322 e. The Morgan fingerprint density at radius 1 is 1.10 bits per heavy atom. The third kappa shape index (κ3) is 4.80. The van der Waals surface area contributed by atoms with Crippen LogP contribution in [0.1, 0.15) is 15.4 Å².